The van der Waals surface area contributed by atoms with Gasteiger partial charge in [-0.05, 0) is 38.4 Å². The van der Waals surface area contributed by atoms with Crippen LogP contribution in [0.2, 0.25) is 0 Å². The van der Waals surface area contributed by atoms with Crippen molar-refractivity contribution in [1.29, 1.82) is 0 Å². The Bertz CT molecular complexity index is 1080. The fraction of sp³-hybridized carbons (Fsp3) is 0.238. The van der Waals surface area contributed by atoms with Gasteiger partial charge in [0.1, 0.15) is 12.4 Å². The molecule has 0 saturated heterocycles. The number of ether oxygens (including phenoxy) is 2. The van der Waals surface area contributed by atoms with E-state index in [1.165, 1.54) is 36.6 Å². The average Bonchev–Trinajstić information content (AvgIpc) is 3.21. The number of methoxy groups -OCH3 is 1. The van der Waals surface area contributed by atoms with E-state index in [0.29, 0.717) is 23.2 Å². The van der Waals surface area contributed by atoms with E-state index in [4.69, 9.17) is 9.47 Å². The summed E-state index contributed by atoms with van der Waals surface area (Å²) in [5.74, 6) is 0.296. The molecule has 3 aromatic rings. The molecule has 0 fully saturated rings. The second kappa shape index (κ2) is 10.0. The summed E-state index contributed by atoms with van der Waals surface area (Å²) in [6.07, 6.45) is 0. The van der Waals surface area contributed by atoms with E-state index in [2.05, 4.69) is 10.3 Å². The maximum Gasteiger partial charge on any atom is 0.311 e. The number of nitrogens with one attached hydrogen (secondary N) is 1. The van der Waals surface area contributed by atoms with E-state index in [1.54, 1.807) is 0 Å². The number of carbonyl (C=O) groups is 1. The van der Waals surface area contributed by atoms with E-state index in [0.717, 1.165) is 12.1 Å². The Hall–Kier alpha value is -3.50. The predicted molar refractivity (Wildman–Crippen MR) is 119 cm³/mol. The Labute approximate surface area is 183 Å². The molecule has 0 aliphatic heterocycles. The monoisotopic (exact) mass is 442 g/mol. The van der Waals surface area contributed by atoms with Crippen LogP contribution in [0.5, 0.6) is 11.5 Å². The molecule has 0 unspecified atom stereocenters. The summed E-state index contributed by atoms with van der Waals surface area (Å²) < 4.78 is 10.8. The van der Waals surface area contributed by atoms with Gasteiger partial charge < -0.3 is 14.4 Å². The number of carbonyl (C=O) groups excluding carboxylic acids is 1. The number of nitro groups is 1. The van der Waals surface area contributed by atoms with Crippen molar-refractivity contribution in [2.24, 2.45) is 0 Å². The number of hydrogen-bond donors (Lipinski definition) is 1. The molecule has 2 aromatic carbocycles. The summed E-state index contributed by atoms with van der Waals surface area (Å²) in [5, 5.41) is 16.1. The number of rotatable bonds is 9. The zero-order valence-electron chi connectivity index (χ0n) is 17.3. The van der Waals surface area contributed by atoms with Gasteiger partial charge in [0.05, 0.1) is 17.7 Å². The normalized spacial score (nSPS) is 10.7. The van der Waals surface area contributed by atoms with Gasteiger partial charge in [-0.3, -0.25) is 20.2 Å². The lowest BCUT2D eigenvalue weighted by molar-refractivity contribution is -0.385. The summed E-state index contributed by atoms with van der Waals surface area (Å²) in [7, 11) is 5.28. The van der Waals surface area contributed by atoms with Gasteiger partial charge in [-0.25, -0.2) is 4.98 Å². The molecular formula is C21H22N4O5S. The summed E-state index contributed by atoms with van der Waals surface area (Å²) in [6, 6.07) is 11.6. The summed E-state index contributed by atoms with van der Waals surface area (Å²) >= 11 is 1.26. The Morgan fingerprint density at radius 3 is 2.71 bits per heavy atom. The SMILES string of the molecule is COc1ccc(C(=O)Nc2nc(-c3ccccc3OCCN(C)C)cs2)cc1[N+](=O)[O-]. The van der Waals surface area contributed by atoms with Gasteiger partial charge in [-0.1, -0.05) is 12.1 Å². The average molecular weight is 442 g/mol. The van der Waals surface area contributed by atoms with E-state index in [9.17, 15) is 14.9 Å². The highest BCUT2D eigenvalue weighted by Gasteiger charge is 2.19. The first-order valence-corrected chi connectivity index (χ1v) is 10.2. The molecule has 10 heteroatoms. The number of hydrogen-bond acceptors (Lipinski definition) is 8. The van der Waals surface area contributed by atoms with Crippen molar-refractivity contribution in [1.82, 2.24) is 9.88 Å². The van der Waals surface area contributed by atoms with Gasteiger partial charge in [0.15, 0.2) is 10.9 Å². The molecular weight excluding hydrogens is 420 g/mol. The van der Waals surface area contributed by atoms with Crippen LogP contribution in [-0.4, -0.2) is 55.1 Å². The van der Waals surface area contributed by atoms with Crippen LogP contribution < -0.4 is 14.8 Å². The van der Waals surface area contributed by atoms with Crippen LogP contribution in [0.1, 0.15) is 10.4 Å². The Morgan fingerprint density at radius 2 is 2.00 bits per heavy atom. The number of benzene rings is 2. The number of para-hydroxylation sites is 1. The third kappa shape index (κ3) is 5.56. The zero-order valence-corrected chi connectivity index (χ0v) is 18.1. The Morgan fingerprint density at radius 1 is 1.23 bits per heavy atom. The quantitative estimate of drug-likeness (QED) is 0.395. The zero-order chi connectivity index (χ0) is 22.4. The minimum absolute atomic E-state index is 0.0870. The lowest BCUT2D eigenvalue weighted by atomic mass is 10.1. The second-order valence-corrected chi connectivity index (χ2v) is 7.64. The van der Waals surface area contributed by atoms with Gasteiger partial charge in [0.25, 0.3) is 5.91 Å². The number of aromatic nitrogens is 1. The van der Waals surface area contributed by atoms with E-state index in [-0.39, 0.29) is 17.0 Å². The third-order valence-electron chi connectivity index (χ3n) is 4.32. The Kier molecular flexibility index (Phi) is 7.16. The largest absolute Gasteiger partial charge is 0.492 e. The van der Waals surface area contributed by atoms with Crippen LogP contribution in [0.15, 0.2) is 47.8 Å². The summed E-state index contributed by atoms with van der Waals surface area (Å²) in [6.45, 7) is 1.31. The summed E-state index contributed by atoms with van der Waals surface area (Å²) in [5.41, 5.74) is 1.34. The molecule has 0 radical (unpaired) electrons. The first-order valence-electron chi connectivity index (χ1n) is 9.35. The first-order chi connectivity index (χ1) is 14.9. The van der Waals surface area contributed by atoms with Crippen LogP contribution in [0, 0.1) is 10.1 Å². The maximum atomic E-state index is 12.6. The molecule has 31 heavy (non-hydrogen) atoms. The molecule has 9 nitrogen and oxygen atoms in total. The lowest BCUT2D eigenvalue weighted by Crippen LogP contribution is -2.19. The number of amides is 1. The van der Waals surface area contributed by atoms with Crippen molar-refractivity contribution in [3.8, 4) is 22.8 Å². The highest BCUT2D eigenvalue weighted by atomic mass is 32.1. The van der Waals surface area contributed by atoms with Gasteiger partial charge in [0.2, 0.25) is 0 Å². The highest BCUT2D eigenvalue weighted by molar-refractivity contribution is 7.14. The van der Waals surface area contributed by atoms with E-state index >= 15 is 0 Å². The molecule has 0 aliphatic carbocycles. The summed E-state index contributed by atoms with van der Waals surface area (Å²) in [4.78, 5) is 29.7. The van der Waals surface area contributed by atoms with Crippen LogP contribution in [0.25, 0.3) is 11.3 Å². The first kappa shape index (κ1) is 22.2. The number of nitro benzene ring substituents is 1. The van der Waals surface area contributed by atoms with Crippen molar-refractivity contribution in [2.45, 2.75) is 0 Å². The number of anilines is 1. The van der Waals surface area contributed by atoms with Crippen molar-refractivity contribution in [3.05, 3.63) is 63.5 Å². The molecule has 0 saturated carbocycles. The molecule has 1 N–H and O–H groups in total. The molecule has 0 atom stereocenters. The van der Waals surface area contributed by atoms with Gasteiger partial charge in [-0.15, -0.1) is 11.3 Å². The number of nitrogens with zero attached hydrogens (tertiary/aromatic N) is 3. The van der Waals surface area contributed by atoms with Gasteiger partial charge in [-0.2, -0.15) is 0 Å². The van der Waals surface area contributed by atoms with Crippen molar-refractivity contribution in [3.63, 3.8) is 0 Å². The van der Waals surface area contributed by atoms with Gasteiger partial charge in [0, 0.05) is 29.1 Å². The molecule has 1 aromatic heterocycles. The molecule has 0 spiro atoms. The molecule has 3 rings (SSSR count). The van der Waals surface area contributed by atoms with Crippen molar-refractivity contribution < 1.29 is 19.2 Å². The van der Waals surface area contributed by atoms with Crippen LogP contribution in [-0.2, 0) is 0 Å². The van der Waals surface area contributed by atoms with Crippen LogP contribution in [0.4, 0.5) is 10.8 Å². The fourth-order valence-corrected chi connectivity index (χ4v) is 3.45. The maximum absolute atomic E-state index is 12.6. The minimum atomic E-state index is -0.593. The van der Waals surface area contributed by atoms with Crippen LogP contribution >= 0.6 is 11.3 Å². The van der Waals surface area contributed by atoms with Crippen LogP contribution in [0.3, 0.4) is 0 Å². The highest BCUT2D eigenvalue weighted by Crippen LogP contribution is 2.33. The van der Waals surface area contributed by atoms with Crippen molar-refractivity contribution >= 4 is 28.1 Å². The molecule has 1 amide bonds. The molecule has 162 valence electrons. The fourth-order valence-electron chi connectivity index (χ4n) is 2.74. The Balaban J connectivity index is 1.76. The standard InChI is InChI=1S/C21H22N4O5S/c1-24(2)10-11-30-18-7-5-4-6-15(18)16-13-31-21(22-16)23-20(26)14-8-9-19(29-3)17(12-14)25(27)28/h4-9,12-13H,10-11H2,1-3H3,(H,22,23,26). The predicted octanol–water partition coefficient (Wildman–Crippen LogP) is 3.92. The second-order valence-electron chi connectivity index (χ2n) is 6.78. The third-order valence-corrected chi connectivity index (χ3v) is 5.08. The lowest BCUT2D eigenvalue weighted by Gasteiger charge is -2.13. The van der Waals surface area contributed by atoms with E-state index < -0.39 is 10.8 Å². The number of likely N-dealkylation sites (N-methyl/N-ethyl adjacent to an activating group) is 1. The molecule has 0 bridgehead atoms. The minimum Gasteiger partial charge on any atom is -0.492 e. The van der Waals surface area contributed by atoms with Crippen molar-refractivity contribution in [2.75, 3.05) is 39.7 Å². The van der Waals surface area contributed by atoms with Gasteiger partial charge >= 0.3 is 5.69 Å². The topological polar surface area (TPSA) is 107 Å². The molecule has 0 aliphatic rings. The molecule has 1 heterocycles. The van der Waals surface area contributed by atoms with E-state index in [1.807, 2.05) is 48.6 Å². The number of thiazole rings is 1. The smallest absolute Gasteiger partial charge is 0.311 e.